The molecule has 1 saturated heterocycles. The van der Waals surface area contributed by atoms with E-state index >= 15 is 4.39 Å². The number of carboxylic acids is 1. The van der Waals surface area contributed by atoms with E-state index in [1.54, 1.807) is 13.8 Å². The third-order valence-electron chi connectivity index (χ3n) is 7.64. The number of esters is 1. The Balaban J connectivity index is 1.93. The monoisotopic (exact) mass is 542 g/mol. The minimum absolute atomic E-state index is 0.0554. The van der Waals surface area contributed by atoms with E-state index in [1.807, 2.05) is 24.3 Å². The van der Waals surface area contributed by atoms with Crippen molar-refractivity contribution in [3.8, 4) is 0 Å². The predicted molar refractivity (Wildman–Crippen MR) is 136 cm³/mol. The van der Waals surface area contributed by atoms with Crippen LogP contribution in [-0.4, -0.2) is 51.9 Å². The van der Waals surface area contributed by atoms with Gasteiger partial charge in [0.15, 0.2) is 0 Å². The van der Waals surface area contributed by atoms with E-state index in [1.165, 1.54) is 6.92 Å². The summed E-state index contributed by atoms with van der Waals surface area (Å²) >= 11 is 0. The third-order valence-corrected chi connectivity index (χ3v) is 7.64. The molecule has 2 aliphatic rings. The van der Waals surface area contributed by atoms with Crippen molar-refractivity contribution in [1.82, 2.24) is 10.2 Å². The lowest BCUT2D eigenvalue weighted by Crippen LogP contribution is -2.74. The molecular formula is C29H32F2N2O6. The third kappa shape index (κ3) is 4.99. The normalized spacial score (nSPS) is 21.8. The number of nitrogens with zero attached hydrogens (tertiary/aromatic N) is 1. The first kappa shape index (κ1) is 28.2. The van der Waals surface area contributed by atoms with Crippen molar-refractivity contribution in [2.24, 2.45) is 11.8 Å². The van der Waals surface area contributed by atoms with Crippen molar-refractivity contribution in [2.45, 2.75) is 70.7 Å². The number of amides is 2. The van der Waals surface area contributed by atoms with Crippen LogP contribution >= 0.6 is 0 Å². The first-order valence-electron chi connectivity index (χ1n) is 12.9. The summed E-state index contributed by atoms with van der Waals surface area (Å²) in [4.78, 5) is 54.3. The van der Waals surface area contributed by atoms with Crippen molar-refractivity contribution < 1.29 is 37.8 Å². The number of nitrogens with one attached hydrogen (secondary N) is 1. The maximum Gasteiger partial charge on any atom is 0.338 e. The molecule has 4 rings (SSSR count). The number of rotatable bonds is 8. The summed E-state index contributed by atoms with van der Waals surface area (Å²) in [5.74, 6) is -6.66. The number of halogens is 2. The zero-order chi connectivity index (χ0) is 28.6. The lowest BCUT2D eigenvalue weighted by molar-refractivity contribution is -0.187. The summed E-state index contributed by atoms with van der Waals surface area (Å²) in [6, 6.07) is 7.48. The average molecular weight is 543 g/mol. The van der Waals surface area contributed by atoms with Gasteiger partial charge in [-0.3, -0.25) is 14.4 Å². The second-order valence-electron chi connectivity index (χ2n) is 10.7. The van der Waals surface area contributed by atoms with E-state index in [0.29, 0.717) is 18.9 Å². The largest absolute Gasteiger partial charge is 0.479 e. The molecule has 0 spiro atoms. The van der Waals surface area contributed by atoms with Crippen LogP contribution in [-0.2, 0) is 42.3 Å². The Labute approximate surface area is 225 Å². The Kier molecular flexibility index (Phi) is 7.77. The summed E-state index contributed by atoms with van der Waals surface area (Å²) in [6.07, 6.45) is -0.640. The SMILES string of the molecule is CC(=O)OC(C)[C@@](C(=O)O)(c1ccc(F)cc1F)N1C(=O)[C@@H](C2Cc3ccccc3C2)NC(=O)[C@H]1CC(C)C. The second-order valence-corrected chi connectivity index (χ2v) is 10.7. The smallest absolute Gasteiger partial charge is 0.338 e. The van der Waals surface area contributed by atoms with Crippen LogP contribution in [0.15, 0.2) is 42.5 Å². The fourth-order valence-corrected chi connectivity index (χ4v) is 6.03. The second kappa shape index (κ2) is 10.7. The van der Waals surface area contributed by atoms with Gasteiger partial charge in [0.05, 0.1) is 0 Å². The van der Waals surface area contributed by atoms with Crippen molar-refractivity contribution in [1.29, 1.82) is 0 Å². The van der Waals surface area contributed by atoms with Gasteiger partial charge in [-0.1, -0.05) is 44.2 Å². The molecule has 2 N–H and O–H groups in total. The number of hydrogen-bond acceptors (Lipinski definition) is 5. The fraction of sp³-hybridized carbons (Fsp3) is 0.448. The Bertz CT molecular complexity index is 1290. The van der Waals surface area contributed by atoms with E-state index in [-0.39, 0.29) is 18.3 Å². The van der Waals surface area contributed by atoms with E-state index < -0.39 is 64.7 Å². The van der Waals surface area contributed by atoms with Crippen LogP contribution in [0.4, 0.5) is 8.78 Å². The van der Waals surface area contributed by atoms with Crippen LogP contribution < -0.4 is 5.32 Å². The van der Waals surface area contributed by atoms with Gasteiger partial charge in [0, 0.05) is 18.6 Å². The van der Waals surface area contributed by atoms with Gasteiger partial charge in [-0.05, 0) is 55.2 Å². The van der Waals surface area contributed by atoms with Gasteiger partial charge in [0.25, 0.3) is 0 Å². The van der Waals surface area contributed by atoms with Gasteiger partial charge >= 0.3 is 11.9 Å². The van der Waals surface area contributed by atoms with Crippen molar-refractivity contribution in [3.05, 3.63) is 70.8 Å². The molecule has 2 aromatic rings. The van der Waals surface area contributed by atoms with Gasteiger partial charge in [0.2, 0.25) is 17.4 Å². The number of piperazine rings is 1. The van der Waals surface area contributed by atoms with E-state index in [2.05, 4.69) is 5.32 Å². The molecule has 0 aromatic heterocycles. The zero-order valence-electron chi connectivity index (χ0n) is 22.2. The van der Waals surface area contributed by atoms with Crippen LogP contribution in [0.2, 0.25) is 0 Å². The number of ether oxygens (including phenoxy) is 1. The first-order chi connectivity index (χ1) is 18.4. The predicted octanol–water partition coefficient (Wildman–Crippen LogP) is 3.35. The standard InChI is InChI=1S/C29H32F2N2O6/c1-15(2)11-24-26(35)32-25(20-12-18-7-5-6-8-19(18)13-20)27(36)33(24)29(28(37)38,16(3)39-17(4)34)22-10-9-21(30)14-23(22)31/h5-10,14-16,20,24-25H,11-13H2,1-4H3,(H,32,35)(H,37,38)/t16?,24-,25-,29+/m1/s1. The van der Waals surface area contributed by atoms with Gasteiger partial charge in [0.1, 0.15) is 29.8 Å². The Morgan fingerprint density at radius 2 is 1.72 bits per heavy atom. The van der Waals surface area contributed by atoms with Gasteiger partial charge in [-0.2, -0.15) is 0 Å². The fourth-order valence-electron chi connectivity index (χ4n) is 6.03. The molecule has 1 unspecified atom stereocenters. The molecule has 208 valence electrons. The van der Waals surface area contributed by atoms with Gasteiger partial charge in [-0.15, -0.1) is 0 Å². The number of carboxylic acid groups (broad SMARTS) is 1. The lowest BCUT2D eigenvalue weighted by atomic mass is 9.78. The van der Waals surface area contributed by atoms with Gasteiger partial charge in [-0.25, -0.2) is 13.6 Å². The average Bonchev–Trinajstić information content (AvgIpc) is 3.27. The molecule has 10 heteroatoms. The molecule has 1 heterocycles. The summed E-state index contributed by atoms with van der Waals surface area (Å²) in [5.41, 5.74) is -1.22. The highest BCUT2D eigenvalue weighted by molar-refractivity contribution is 6.01. The quantitative estimate of drug-likeness (QED) is 0.495. The molecule has 1 fully saturated rings. The Hall–Kier alpha value is -3.82. The van der Waals surface area contributed by atoms with Crippen LogP contribution in [0.5, 0.6) is 0 Å². The molecule has 39 heavy (non-hydrogen) atoms. The molecular weight excluding hydrogens is 510 g/mol. The number of fused-ring (bicyclic) bond motifs is 1. The highest BCUT2D eigenvalue weighted by Gasteiger charge is 2.62. The summed E-state index contributed by atoms with van der Waals surface area (Å²) in [7, 11) is 0. The molecule has 0 bridgehead atoms. The van der Waals surface area contributed by atoms with Crippen molar-refractivity contribution in [3.63, 3.8) is 0 Å². The maximum atomic E-state index is 15.5. The molecule has 0 radical (unpaired) electrons. The topological polar surface area (TPSA) is 113 Å². The molecule has 2 aromatic carbocycles. The number of benzene rings is 2. The minimum atomic E-state index is -2.67. The number of hydrogen-bond donors (Lipinski definition) is 2. The van der Waals surface area contributed by atoms with E-state index in [0.717, 1.165) is 35.1 Å². The van der Waals surface area contributed by atoms with Crippen LogP contribution in [0.25, 0.3) is 0 Å². The van der Waals surface area contributed by atoms with Crippen molar-refractivity contribution >= 4 is 23.8 Å². The van der Waals surface area contributed by atoms with Crippen LogP contribution in [0.3, 0.4) is 0 Å². The molecule has 0 saturated carbocycles. The zero-order valence-corrected chi connectivity index (χ0v) is 22.2. The summed E-state index contributed by atoms with van der Waals surface area (Å²) < 4.78 is 34.7. The Morgan fingerprint density at radius 1 is 1.10 bits per heavy atom. The Morgan fingerprint density at radius 3 is 2.23 bits per heavy atom. The number of aliphatic carboxylic acids is 1. The summed E-state index contributed by atoms with van der Waals surface area (Å²) in [5, 5.41) is 13.6. The van der Waals surface area contributed by atoms with E-state index in [4.69, 9.17) is 4.74 Å². The van der Waals surface area contributed by atoms with Gasteiger partial charge < -0.3 is 20.1 Å². The molecule has 4 atom stereocenters. The highest BCUT2D eigenvalue weighted by atomic mass is 19.1. The minimum Gasteiger partial charge on any atom is -0.479 e. The molecule has 2 amide bonds. The molecule has 1 aliphatic heterocycles. The van der Waals surface area contributed by atoms with Crippen molar-refractivity contribution in [2.75, 3.05) is 0 Å². The number of carbonyl (C=O) groups excluding carboxylic acids is 3. The lowest BCUT2D eigenvalue weighted by Gasteiger charge is -2.51. The maximum absolute atomic E-state index is 15.5. The van der Waals surface area contributed by atoms with Crippen LogP contribution in [0, 0.1) is 23.5 Å². The van der Waals surface area contributed by atoms with E-state index in [9.17, 15) is 28.7 Å². The summed E-state index contributed by atoms with van der Waals surface area (Å²) in [6.45, 7) is 5.88. The number of carbonyl (C=O) groups is 4. The van der Waals surface area contributed by atoms with Crippen LogP contribution in [0.1, 0.15) is 50.8 Å². The molecule has 1 aliphatic carbocycles. The first-order valence-corrected chi connectivity index (χ1v) is 12.9. The highest BCUT2D eigenvalue weighted by Crippen LogP contribution is 2.42. The molecule has 8 nitrogen and oxygen atoms in total.